The number of amides is 4. The van der Waals surface area contributed by atoms with Crippen LogP contribution in [-0.2, 0) is 28.8 Å². The van der Waals surface area contributed by atoms with Crippen LogP contribution >= 0.6 is 0 Å². The van der Waals surface area contributed by atoms with Crippen LogP contribution in [0.3, 0.4) is 0 Å². The van der Waals surface area contributed by atoms with Crippen LogP contribution in [0.4, 0.5) is 4.79 Å². The van der Waals surface area contributed by atoms with Crippen molar-refractivity contribution in [2.75, 3.05) is 20.2 Å². The Labute approximate surface area is 295 Å². The summed E-state index contributed by atoms with van der Waals surface area (Å²) in [5, 5.41) is 12.4. The number of hydrogen-bond acceptors (Lipinski definition) is 9. The number of carbonyl (C=O) groups excluding carboxylic acids is 5. The molecule has 1 spiro atoms. The zero-order valence-corrected chi connectivity index (χ0v) is 31.2. The normalized spacial score (nSPS) is 21.9. The highest BCUT2D eigenvalue weighted by Crippen LogP contribution is 2.41. The summed E-state index contributed by atoms with van der Waals surface area (Å²) >= 11 is 0. The van der Waals surface area contributed by atoms with Gasteiger partial charge in [-0.05, 0) is 74.6 Å². The summed E-state index contributed by atoms with van der Waals surface area (Å²) in [6, 6.07) is 0.790. The van der Waals surface area contributed by atoms with Crippen molar-refractivity contribution in [3.05, 3.63) is 28.8 Å². The van der Waals surface area contributed by atoms with Gasteiger partial charge in [-0.1, -0.05) is 52.6 Å². The quantitative estimate of drug-likeness (QED) is 0.261. The number of hydrogen-bond donors (Lipinski definition) is 3. The van der Waals surface area contributed by atoms with E-state index in [1.54, 1.807) is 6.92 Å². The predicted octanol–water partition coefficient (Wildman–Crippen LogP) is 3.95. The largest absolute Gasteiger partial charge is 0.493 e. The summed E-state index contributed by atoms with van der Waals surface area (Å²) < 4.78 is 11.4. The van der Waals surface area contributed by atoms with Gasteiger partial charge in [0, 0.05) is 25.5 Å². The summed E-state index contributed by atoms with van der Waals surface area (Å²) in [5.74, 6) is -1.50. The van der Waals surface area contributed by atoms with E-state index in [0.717, 1.165) is 35.3 Å². The van der Waals surface area contributed by atoms with Gasteiger partial charge in [-0.25, -0.2) is 4.79 Å². The van der Waals surface area contributed by atoms with Gasteiger partial charge in [0.1, 0.15) is 23.9 Å². The molecule has 13 nitrogen and oxygen atoms in total. The van der Waals surface area contributed by atoms with Gasteiger partial charge >= 0.3 is 6.09 Å². The van der Waals surface area contributed by atoms with Crippen LogP contribution in [0.15, 0.2) is 17.3 Å². The van der Waals surface area contributed by atoms with Crippen LogP contribution in [0, 0.1) is 31.1 Å². The molecular formula is C37H55N5O8. The number of nitrogens with one attached hydrogen (secondary N) is 3. The Morgan fingerprint density at radius 3 is 2.24 bits per heavy atom. The SMILES string of the molecule is CCOc1c(C)cc(C2=NO[C@]3(C2)C[C@@H](C(=O)N[C@@H](CC2CC2)C(=O)C(=O)NC)N(C(=O)[C@@H](NC(=O)O[C@H](C)C(C)C)C(C)(C)C)C3)cc1C. The molecule has 4 amide bonds. The first kappa shape index (κ1) is 38.6. The number of benzene rings is 1. The predicted molar refractivity (Wildman–Crippen MR) is 188 cm³/mol. The molecule has 50 heavy (non-hydrogen) atoms. The molecule has 1 aliphatic carbocycles. The monoisotopic (exact) mass is 697 g/mol. The molecule has 4 rings (SSSR count). The van der Waals surface area contributed by atoms with E-state index < -0.39 is 64.8 Å². The molecule has 1 aromatic carbocycles. The molecule has 0 aromatic heterocycles. The Hall–Kier alpha value is -4.16. The van der Waals surface area contributed by atoms with Gasteiger partial charge < -0.3 is 35.2 Å². The highest BCUT2D eigenvalue weighted by molar-refractivity contribution is 6.38. The van der Waals surface area contributed by atoms with Gasteiger partial charge in [0.15, 0.2) is 5.60 Å². The van der Waals surface area contributed by atoms with Crippen LogP contribution in [0.25, 0.3) is 0 Å². The number of oxime groups is 1. The van der Waals surface area contributed by atoms with Crippen LogP contribution in [-0.4, -0.2) is 90.2 Å². The standard InChI is InChI=1S/C37H55N5O8/c1-11-48-30-21(4)14-25(15-22(30)5)27-17-37(50-41-27)18-28(32(44)39-26(16-24-12-13-24)29(43)33(45)38-10)42(19-37)34(46)31(36(7,8)9)40-35(47)49-23(6)20(2)3/h14-15,20,23-24,26,28,31H,11-13,16-19H2,1-10H3,(H,38,45)(H,39,44)(H,40,47)/t23-,26+,28+,31-,37-/m1/s1. The van der Waals surface area contributed by atoms with Crippen molar-refractivity contribution in [1.82, 2.24) is 20.9 Å². The smallest absolute Gasteiger partial charge is 0.408 e. The number of aryl methyl sites for hydroxylation is 2. The fourth-order valence-electron chi connectivity index (χ4n) is 6.51. The fraction of sp³-hybridized carbons (Fsp3) is 0.676. The maximum Gasteiger partial charge on any atom is 0.408 e. The van der Waals surface area contributed by atoms with Crippen LogP contribution in [0.2, 0.25) is 0 Å². The van der Waals surface area contributed by atoms with Crippen LogP contribution in [0.5, 0.6) is 5.75 Å². The lowest BCUT2D eigenvalue weighted by Gasteiger charge is -2.35. The topological polar surface area (TPSA) is 165 Å². The van der Waals surface area contributed by atoms with Crippen molar-refractivity contribution >= 4 is 35.3 Å². The van der Waals surface area contributed by atoms with Gasteiger partial charge in [-0.2, -0.15) is 0 Å². The van der Waals surface area contributed by atoms with Crippen LogP contribution < -0.4 is 20.7 Å². The van der Waals surface area contributed by atoms with Crippen molar-refractivity contribution in [1.29, 1.82) is 0 Å². The average molecular weight is 698 g/mol. The Balaban J connectivity index is 1.65. The van der Waals surface area contributed by atoms with Crippen molar-refractivity contribution < 1.29 is 38.3 Å². The van der Waals surface area contributed by atoms with Crippen molar-refractivity contribution in [3.63, 3.8) is 0 Å². The molecule has 0 unspecified atom stereocenters. The maximum absolute atomic E-state index is 14.5. The number of nitrogens with zero attached hydrogens (tertiary/aromatic N) is 2. The Bertz CT molecular complexity index is 1490. The minimum atomic E-state index is -1.07. The molecule has 276 valence electrons. The van der Waals surface area contributed by atoms with E-state index in [2.05, 4.69) is 21.1 Å². The average Bonchev–Trinajstić information content (AvgIpc) is 3.64. The second kappa shape index (κ2) is 15.4. The third kappa shape index (κ3) is 8.95. The summed E-state index contributed by atoms with van der Waals surface area (Å²) in [6.45, 7) is 17.5. The molecule has 2 aliphatic heterocycles. The first-order chi connectivity index (χ1) is 23.4. The van der Waals surface area contributed by atoms with E-state index in [4.69, 9.17) is 14.3 Å². The molecule has 2 heterocycles. The van der Waals surface area contributed by atoms with E-state index in [1.807, 2.05) is 67.5 Å². The summed E-state index contributed by atoms with van der Waals surface area (Å²) in [7, 11) is 1.37. The maximum atomic E-state index is 14.5. The number of likely N-dealkylation sites (tertiary alicyclic amines) is 1. The minimum Gasteiger partial charge on any atom is -0.493 e. The molecule has 1 saturated carbocycles. The lowest BCUT2D eigenvalue weighted by atomic mass is 9.85. The number of carbonyl (C=O) groups is 5. The summed E-state index contributed by atoms with van der Waals surface area (Å²) in [5.41, 5.74) is 1.61. The van der Waals surface area contributed by atoms with Gasteiger partial charge in [0.25, 0.3) is 5.91 Å². The molecule has 3 aliphatic rings. The van der Waals surface area contributed by atoms with E-state index >= 15 is 0 Å². The highest BCUT2D eigenvalue weighted by atomic mass is 16.7. The van der Waals surface area contributed by atoms with Gasteiger partial charge in [-0.15, -0.1) is 0 Å². The molecule has 1 saturated heterocycles. The Morgan fingerprint density at radius 2 is 1.70 bits per heavy atom. The molecule has 1 aromatic rings. The highest BCUT2D eigenvalue weighted by Gasteiger charge is 2.56. The zero-order chi connectivity index (χ0) is 37.1. The second-order valence-electron chi connectivity index (χ2n) is 15.5. The summed E-state index contributed by atoms with van der Waals surface area (Å²) in [4.78, 5) is 74.7. The lowest BCUT2D eigenvalue weighted by Crippen LogP contribution is -2.59. The molecule has 3 N–H and O–H groups in total. The van der Waals surface area contributed by atoms with E-state index in [9.17, 15) is 24.0 Å². The van der Waals surface area contributed by atoms with Crippen molar-refractivity contribution in [2.45, 2.75) is 124 Å². The number of alkyl carbamates (subject to hydrolysis) is 1. The Kier molecular flexibility index (Phi) is 11.9. The lowest BCUT2D eigenvalue weighted by molar-refractivity contribution is -0.144. The van der Waals surface area contributed by atoms with Gasteiger partial charge in [0.2, 0.25) is 17.6 Å². The molecule has 13 heteroatoms. The second-order valence-corrected chi connectivity index (χ2v) is 15.5. The minimum absolute atomic E-state index is 0.00824. The first-order valence-electron chi connectivity index (χ1n) is 17.7. The molecule has 5 atom stereocenters. The first-order valence-corrected chi connectivity index (χ1v) is 17.7. The molecule has 0 bridgehead atoms. The van der Waals surface area contributed by atoms with Crippen molar-refractivity contribution in [3.8, 4) is 5.75 Å². The zero-order valence-electron chi connectivity index (χ0n) is 31.2. The van der Waals surface area contributed by atoms with Gasteiger partial charge in [0.05, 0.1) is 24.9 Å². The van der Waals surface area contributed by atoms with E-state index in [1.165, 1.54) is 11.9 Å². The van der Waals surface area contributed by atoms with E-state index in [0.29, 0.717) is 25.2 Å². The summed E-state index contributed by atoms with van der Waals surface area (Å²) in [6.07, 6.45) is 1.42. The number of ether oxygens (including phenoxy) is 2. The Morgan fingerprint density at radius 1 is 1.06 bits per heavy atom. The third-order valence-electron chi connectivity index (χ3n) is 9.86. The molecule has 2 fully saturated rings. The van der Waals surface area contributed by atoms with Crippen molar-refractivity contribution in [2.24, 2.45) is 22.4 Å². The number of likely N-dealkylation sites (N-methyl/N-ethyl adjacent to an activating group) is 1. The number of ketones is 1. The van der Waals surface area contributed by atoms with Crippen LogP contribution in [0.1, 0.15) is 97.3 Å². The number of rotatable bonds is 13. The third-order valence-corrected chi connectivity index (χ3v) is 9.86. The van der Waals surface area contributed by atoms with Gasteiger partial charge in [-0.3, -0.25) is 19.2 Å². The fourth-order valence-corrected chi connectivity index (χ4v) is 6.51. The molecule has 0 radical (unpaired) electrons. The van der Waals surface area contributed by atoms with E-state index in [-0.39, 0.29) is 24.8 Å². The molecular weight excluding hydrogens is 642 g/mol. The number of Topliss-reactive ketones (excluding diaryl/α,β-unsaturated/α-hetero) is 1.